The summed E-state index contributed by atoms with van der Waals surface area (Å²) in [4.78, 5) is 26.0. The Morgan fingerprint density at radius 2 is 2.33 bits per heavy atom. The Balaban J connectivity index is 2.44. The number of fused-ring (bicyclic) bond motifs is 1. The molecule has 2 aromatic heterocycles. The number of hydrogen-bond donors (Lipinski definition) is 0. The van der Waals surface area contributed by atoms with E-state index in [9.17, 15) is 4.79 Å². The number of nitrogens with zero attached hydrogens (tertiary/aromatic N) is 5. The van der Waals surface area contributed by atoms with Crippen molar-refractivity contribution in [3.8, 4) is 5.88 Å². The number of aromatic nitrogens is 4. The van der Waals surface area contributed by atoms with Gasteiger partial charge >= 0.3 is 0 Å². The van der Waals surface area contributed by atoms with Crippen LogP contribution in [0, 0.1) is 0 Å². The number of hydrogen-bond acceptors (Lipinski definition) is 6. The van der Waals surface area contributed by atoms with Crippen molar-refractivity contribution in [2.45, 2.75) is 19.8 Å². The quantitative estimate of drug-likeness (QED) is 0.454. The summed E-state index contributed by atoms with van der Waals surface area (Å²) in [6.07, 6.45) is 4.98. The van der Waals surface area contributed by atoms with E-state index in [1.165, 1.54) is 6.08 Å². The molecule has 0 atom stereocenters. The summed E-state index contributed by atoms with van der Waals surface area (Å²) in [5.74, 6) is 0.385. The fourth-order valence-corrected chi connectivity index (χ4v) is 1.47. The predicted octanol–water partition coefficient (Wildman–Crippen LogP) is 1.51. The zero-order chi connectivity index (χ0) is 13.0. The summed E-state index contributed by atoms with van der Waals surface area (Å²) in [5, 5.41) is 0. The Hall–Kier alpha value is -2.27. The molecule has 0 N–H and O–H groups in total. The molecular weight excluding hydrogens is 234 g/mol. The van der Waals surface area contributed by atoms with Crippen LogP contribution in [-0.2, 0) is 11.8 Å². The van der Waals surface area contributed by atoms with Crippen LogP contribution in [0.2, 0.25) is 0 Å². The Morgan fingerprint density at radius 1 is 1.50 bits per heavy atom. The molecule has 0 amide bonds. The Labute approximate surface area is 104 Å². The molecule has 0 aliphatic heterocycles. The summed E-state index contributed by atoms with van der Waals surface area (Å²) >= 11 is 0. The third-order valence-corrected chi connectivity index (χ3v) is 2.40. The van der Waals surface area contributed by atoms with Crippen molar-refractivity contribution in [3.63, 3.8) is 0 Å². The highest BCUT2D eigenvalue weighted by atomic mass is 16.5. The second-order valence-corrected chi connectivity index (χ2v) is 3.76. The number of rotatable bonds is 5. The number of imidazole rings is 1. The number of carbonyl (C=O) groups excluding carboxylic acids is 1. The highest BCUT2D eigenvalue weighted by Gasteiger charge is 2.12. The maximum atomic E-state index is 10.3. The lowest BCUT2D eigenvalue weighted by Gasteiger charge is -2.05. The van der Waals surface area contributed by atoms with E-state index in [-0.39, 0.29) is 5.95 Å². The first-order valence-electron chi connectivity index (χ1n) is 5.66. The highest BCUT2D eigenvalue weighted by molar-refractivity contribution is 5.77. The summed E-state index contributed by atoms with van der Waals surface area (Å²) in [6, 6.07) is 0. The van der Waals surface area contributed by atoms with E-state index in [0.717, 1.165) is 12.8 Å². The van der Waals surface area contributed by atoms with Crippen LogP contribution in [0.3, 0.4) is 0 Å². The Morgan fingerprint density at radius 3 is 3.06 bits per heavy atom. The summed E-state index contributed by atoms with van der Waals surface area (Å²) in [6.45, 7) is 2.62. The lowest BCUT2D eigenvalue weighted by Crippen LogP contribution is -2.01. The third kappa shape index (κ3) is 2.36. The molecule has 0 unspecified atom stereocenters. The molecule has 0 saturated carbocycles. The molecule has 94 valence electrons. The van der Waals surface area contributed by atoms with Crippen LogP contribution < -0.4 is 4.74 Å². The van der Waals surface area contributed by atoms with Gasteiger partial charge in [0.15, 0.2) is 11.2 Å². The van der Waals surface area contributed by atoms with Gasteiger partial charge in [0, 0.05) is 7.05 Å². The van der Waals surface area contributed by atoms with Gasteiger partial charge in [0.1, 0.15) is 0 Å². The second kappa shape index (κ2) is 5.37. The number of aliphatic imine (C=N–C) groups is 1. The van der Waals surface area contributed by atoms with Crippen LogP contribution in [0.4, 0.5) is 5.95 Å². The van der Waals surface area contributed by atoms with E-state index in [4.69, 9.17) is 4.74 Å². The van der Waals surface area contributed by atoms with Crippen LogP contribution in [0.1, 0.15) is 19.8 Å². The van der Waals surface area contributed by atoms with Crippen LogP contribution in [0.5, 0.6) is 5.88 Å². The van der Waals surface area contributed by atoms with Gasteiger partial charge in [-0.3, -0.25) is 0 Å². The fourth-order valence-electron chi connectivity index (χ4n) is 1.47. The minimum Gasteiger partial charge on any atom is -0.476 e. The number of unbranched alkanes of at least 4 members (excludes halogenated alkanes) is 1. The Kier molecular flexibility index (Phi) is 3.64. The number of isocyanates is 1. The molecule has 0 spiro atoms. The average molecular weight is 247 g/mol. The van der Waals surface area contributed by atoms with Gasteiger partial charge in [-0.25, -0.2) is 9.78 Å². The maximum absolute atomic E-state index is 10.3. The standard InChI is InChI=1S/C11H13N5O2/c1-3-4-5-18-10-8-9(16(2)6-12-8)14-11(15-10)13-7-17/h6H,3-5H2,1-2H3. The Bertz CT molecular complexity index is 601. The van der Waals surface area contributed by atoms with Crippen LogP contribution in [0.25, 0.3) is 11.2 Å². The molecule has 2 rings (SSSR count). The summed E-state index contributed by atoms with van der Waals surface area (Å²) < 4.78 is 7.26. The van der Waals surface area contributed by atoms with Gasteiger partial charge in [0.25, 0.3) is 5.95 Å². The average Bonchev–Trinajstić information content (AvgIpc) is 2.72. The molecule has 0 aliphatic carbocycles. The van der Waals surface area contributed by atoms with Crippen molar-refractivity contribution >= 4 is 23.2 Å². The maximum Gasteiger partial charge on any atom is 0.265 e. The topological polar surface area (TPSA) is 82.3 Å². The molecule has 2 heterocycles. The molecule has 0 saturated heterocycles. The minimum absolute atomic E-state index is 0.0348. The third-order valence-electron chi connectivity index (χ3n) is 2.40. The van der Waals surface area contributed by atoms with E-state index in [1.54, 1.807) is 17.9 Å². The minimum atomic E-state index is 0.0348. The largest absolute Gasteiger partial charge is 0.476 e. The molecule has 0 radical (unpaired) electrons. The van der Waals surface area contributed by atoms with Crippen LogP contribution >= 0.6 is 0 Å². The van der Waals surface area contributed by atoms with Crippen molar-refractivity contribution in [1.29, 1.82) is 0 Å². The van der Waals surface area contributed by atoms with E-state index < -0.39 is 0 Å². The van der Waals surface area contributed by atoms with Crippen molar-refractivity contribution in [1.82, 2.24) is 19.5 Å². The smallest absolute Gasteiger partial charge is 0.265 e. The molecule has 0 aliphatic rings. The van der Waals surface area contributed by atoms with E-state index in [0.29, 0.717) is 23.7 Å². The van der Waals surface area contributed by atoms with Gasteiger partial charge in [-0.15, -0.1) is 4.99 Å². The first kappa shape index (κ1) is 12.2. The van der Waals surface area contributed by atoms with E-state index >= 15 is 0 Å². The highest BCUT2D eigenvalue weighted by Crippen LogP contribution is 2.23. The monoisotopic (exact) mass is 247 g/mol. The molecule has 0 bridgehead atoms. The SMILES string of the molecule is CCCCOc1nc(N=C=O)nc2c1ncn2C. The lowest BCUT2D eigenvalue weighted by atomic mass is 10.4. The first-order chi connectivity index (χ1) is 8.76. The normalized spacial score (nSPS) is 10.3. The van der Waals surface area contributed by atoms with E-state index in [1.807, 2.05) is 0 Å². The molecule has 7 nitrogen and oxygen atoms in total. The predicted molar refractivity (Wildman–Crippen MR) is 64.5 cm³/mol. The number of ether oxygens (including phenoxy) is 1. The van der Waals surface area contributed by atoms with Crippen molar-refractivity contribution in [2.75, 3.05) is 6.61 Å². The lowest BCUT2D eigenvalue weighted by molar-refractivity contribution is 0.301. The van der Waals surface area contributed by atoms with Crippen molar-refractivity contribution < 1.29 is 9.53 Å². The summed E-state index contributed by atoms with van der Waals surface area (Å²) in [5.41, 5.74) is 1.14. The van der Waals surface area contributed by atoms with Gasteiger partial charge in [-0.1, -0.05) is 13.3 Å². The zero-order valence-corrected chi connectivity index (χ0v) is 10.3. The van der Waals surface area contributed by atoms with Crippen molar-refractivity contribution in [2.24, 2.45) is 12.0 Å². The molecular formula is C11H13N5O2. The van der Waals surface area contributed by atoms with Crippen LogP contribution in [-0.4, -0.2) is 32.2 Å². The molecule has 0 fully saturated rings. The van der Waals surface area contributed by atoms with Gasteiger partial charge in [0.05, 0.1) is 12.9 Å². The fraction of sp³-hybridized carbons (Fsp3) is 0.455. The van der Waals surface area contributed by atoms with Crippen LogP contribution in [0.15, 0.2) is 11.3 Å². The van der Waals surface area contributed by atoms with Gasteiger partial charge in [-0.05, 0) is 6.42 Å². The first-order valence-corrected chi connectivity index (χ1v) is 5.66. The van der Waals surface area contributed by atoms with Gasteiger partial charge in [-0.2, -0.15) is 9.97 Å². The van der Waals surface area contributed by atoms with Gasteiger partial charge in [0.2, 0.25) is 12.0 Å². The van der Waals surface area contributed by atoms with Gasteiger partial charge < -0.3 is 9.30 Å². The van der Waals surface area contributed by atoms with E-state index in [2.05, 4.69) is 26.9 Å². The molecule has 7 heteroatoms. The zero-order valence-electron chi connectivity index (χ0n) is 10.3. The molecule has 18 heavy (non-hydrogen) atoms. The number of aryl methyl sites for hydroxylation is 1. The van der Waals surface area contributed by atoms with Crippen molar-refractivity contribution in [3.05, 3.63) is 6.33 Å². The second-order valence-electron chi connectivity index (χ2n) is 3.76. The molecule has 2 aromatic rings. The molecule has 0 aromatic carbocycles. The summed E-state index contributed by atoms with van der Waals surface area (Å²) in [7, 11) is 1.80.